The molecule has 2 aromatic heterocycles. The lowest BCUT2D eigenvalue weighted by Gasteiger charge is -2.30. The summed E-state index contributed by atoms with van der Waals surface area (Å²) in [4.78, 5) is 4.66. The predicted octanol–water partition coefficient (Wildman–Crippen LogP) is 3.36. The average molecular weight is 321 g/mol. The smallest absolute Gasteiger partial charge is 0.140 e. The minimum absolute atomic E-state index is 0.518. The Morgan fingerprint density at radius 1 is 1.21 bits per heavy atom. The highest BCUT2D eigenvalue weighted by molar-refractivity contribution is 5.63. The van der Waals surface area contributed by atoms with Gasteiger partial charge in [-0.1, -0.05) is 0 Å². The molecule has 1 aliphatic heterocycles. The molecular weight excluding hydrogens is 298 g/mol. The lowest BCUT2D eigenvalue weighted by molar-refractivity contribution is 0.315. The van der Waals surface area contributed by atoms with Crippen LogP contribution in [0, 0.1) is 6.92 Å². The van der Waals surface area contributed by atoms with Crippen LogP contribution in [0.15, 0.2) is 49.1 Å². The molecule has 2 atom stereocenters. The third-order valence-electron chi connectivity index (χ3n) is 4.88. The van der Waals surface area contributed by atoms with Gasteiger partial charge in [0.05, 0.1) is 5.69 Å². The van der Waals surface area contributed by atoms with E-state index >= 15 is 0 Å². The van der Waals surface area contributed by atoms with Gasteiger partial charge in [0.25, 0.3) is 0 Å². The molecular formula is C19H23N5. The van der Waals surface area contributed by atoms with E-state index in [9.17, 15) is 0 Å². The molecule has 1 N–H and O–H groups in total. The Hall–Kier alpha value is -2.40. The summed E-state index contributed by atoms with van der Waals surface area (Å²) in [5, 5.41) is 7.83. The van der Waals surface area contributed by atoms with Crippen molar-refractivity contribution in [2.75, 3.05) is 6.54 Å². The van der Waals surface area contributed by atoms with Crippen molar-refractivity contribution in [1.29, 1.82) is 0 Å². The number of hydrogen-bond donors (Lipinski definition) is 1. The molecule has 4 rings (SSSR count). The van der Waals surface area contributed by atoms with Crippen molar-refractivity contribution in [1.82, 2.24) is 24.6 Å². The molecule has 0 radical (unpaired) electrons. The van der Waals surface area contributed by atoms with E-state index in [1.807, 2.05) is 23.1 Å². The second kappa shape index (κ2) is 6.24. The van der Waals surface area contributed by atoms with E-state index in [1.165, 1.54) is 11.1 Å². The van der Waals surface area contributed by atoms with Crippen LogP contribution in [-0.2, 0) is 0 Å². The van der Waals surface area contributed by atoms with Crippen molar-refractivity contribution in [3.05, 3.63) is 54.6 Å². The molecule has 0 amide bonds. The molecule has 0 aliphatic carbocycles. The first-order chi connectivity index (χ1) is 11.7. The number of benzene rings is 1. The van der Waals surface area contributed by atoms with Crippen LogP contribution in [0.2, 0.25) is 0 Å². The van der Waals surface area contributed by atoms with Gasteiger partial charge in [0.15, 0.2) is 0 Å². The second-order valence-corrected chi connectivity index (χ2v) is 6.64. The van der Waals surface area contributed by atoms with E-state index in [0.717, 1.165) is 30.9 Å². The first kappa shape index (κ1) is 15.1. The predicted molar refractivity (Wildman–Crippen MR) is 95.3 cm³/mol. The molecule has 24 heavy (non-hydrogen) atoms. The van der Waals surface area contributed by atoms with E-state index in [-0.39, 0.29) is 0 Å². The highest BCUT2D eigenvalue weighted by Gasteiger charge is 2.22. The van der Waals surface area contributed by atoms with Gasteiger partial charge in [-0.05, 0) is 63.1 Å². The van der Waals surface area contributed by atoms with Gasteiger partial charge in [0.2, 0.25) is 0 Å². The van der Waals surface area contributed by atoms with Gasteiger partial charge in [0.1, 0.15) is 5.82 Å². The molecule has 0 saturated carbocycles. The molecule has 1 aliphatic rings. The fourth-order valence-corrected chi connectivity index (χ4v) is 3.64. The molecule has 124 valence electrons. The topological polar surface area (TPSA) is 47.7 Å². The molecule has 0 bridgehead atoms. The summed E-state index contributed by atoms with van der Waals surface area (Å²) in [6.45, 7) is 5.47. The van der Waals surface area contributed by atoms with Gasteiger partial charge in [0, 0.05) is 42.4 Å². The van der Waals surface area contributed by atoms with Crippen LogP contribution in [0.1, 0.15) is 31.4 Å². The Morgan fingerprint density at radius 2 is 2.12 bits per heavy atom. The van der Waals surface area contributed by atoms with Crippen LogP contribution < -0.4 is 5.32 Å². The molecule has 5 heteroatoms. The van der Waals surface area contributed by atoms with Crippen molar-refractivity contribution < 1.29 is 0 Å². The van der Waals surface area contributed by atoms with Crippen LogP contribution in [0.3, 0.4) is 0 Å². The Balaban J connectivity index is 1.68. The Morgan fingerprint density at radius 3 is 2.88 bits per heavy atom. The maximum atomic E-state index is 4.66. The van der Waals surface area contributed by atoms with Crippen LogP contribution in [0.25, 0.3) is 17.1 Å². The van der Waals surface area contributed by atoms with Gasteiger partial charge >= 0.3 is 0 Å². The summed E-state index contributed by atoms with van der Waals surface area (Å²) in [6, 6.07) is 9.46. The normalized spacial score (nSPS) is 21.1. The zero-order valence-electron chi connectivity index (χ0n) is 14.2. The van der Waals surface area contributed by atoms with Gasteiger partial charge in [-0.25, -0.2) is 9.67 Å². The highest BCUT2D eigenvalue weighted by Crippen LogP contribution is 2.30. The number of nitrogens with one attached hydrogen (secondary N) is 1. The quantitative estimate of drug-likeness (QED) is 0.805. The van der Waals surface area contributed by atoms with Crippen molar-refractivity contribution in [3.8, 4) is 17.1 Å². The fraction of sp³-hybridized carbons (Fsp3) is 0.368. The first-order valence-corrected chi connectivity index (χ1v) is 8.59. The van der Waals surface area contributed by atoms with E-state index in [0.29, 0.717) is 12.1 Å². The van der Waals surface area contributed by atoms with Crippen LogP contribution >= 0.6 is 0 Å². The van der Waals surface area contributed by atoms with E-state index in [4.69, 9.17) is 0 Å². The van der Waals surface area contributed by atoms with Gasteiger partial charge in [-0.2, -0.15) is 5.10 Å². The number of hydrogen-bond acceptors (Lipinski definition) is 3. The third kappa shape index (κ3) is 2.76. The summed E-state index contributed by atoms with van der Waals surface area (Å²) in [5.74, 6) is 1.07. The molecule has 3 aromatic rings. The summed E-state index contributed by atoms with van der Waals surface area (Å²) >= 11 is 0. The van der Waals surface area contributed by atoms with Crippen molar-refractivity contribution in [2.24, 2.45) is 0 Å². The van der Waals surface area contributed by atoms with Crippen molar-refractivity contribution >= 4 is 0 Å². The maximum Gasteiger partial charge on any atom is 0.140 e. The summed E-state index contributed by atoms with van der Waals surface area (Å²) < 4.78 is 4.24. The Bertz CT molecular complexity index is 818. The van der Waals surface area contributed by atoms with Crippen LogP contribution in [-0.4, -0.2) is 31.9 Å². The zero-order valence-corrected chi connectivity index (χ0v) is 14.2. The molecule has 1 saturated heterocycles. The third-order valence-corrected chi connectivity index (χ3v) is 4.88. The molecule has 0 spiro atoms. The summed E-state index contributed by atoms with van der Waals surface area (Å²) in [6.07, 6.45) is 10.1. The van der Waals surface area contributed by atoms with E-state index in [2.05, 4.69) is 58.2 Å². The standard InChI is InChI=1S/C19H23N5/c1-14-12-17(24-10-3-7-22-24)4-5-18(14)19-21-9-11-23(19)16-6-8-20-15(2)13-16/h3-5,7,9-12,15-16,20H,6,8,13H2,1-2H3/t15-,16-/m1/s1. The maximum absolute atomic E-state index is 4.66. The number of imidazole rings is 1. The molecule has 1 aromatic carbocycles. The highest BCUT2D eigenvalue weighted by atomic mass is 15.3. The first-order valence-electron chi connectivity index (χ1n) is 8.59. The number of aryl methyl sites for hydroxylation is 1. The number of aromatic nitrogens is 4. The fourth-order valence-electron chi connectivity index (χ4n) is 3.64. The zero-order chi connectivity index (χ0) is 16.5. The monoisotopic (exact) mass is 321 g/mol. The lowest BCUT2D eigenvalue weighted by atomic mass is 9.99. The number of piperidine rings is 1. The van der Waals surface area contributed by atoms with E-state index < -0.39 is 0 Å². The molecule has 0 unspecified atom stereocenters. The summed E-state index contributed by atoms with van der Waals surface area (Å²) in [7, 11) is 0. The van der Waals surface area contributed by atoms with Gasteiger partial charge in [-0.3, -0.25) is 0 Å². The summed E-state index contributed by atoms with van der Waals surface area (Å²) in [5.41, 5.74) is 3.49. The molecule has 1 fully saturated rings. The minimum atomic E-state index is 0.518. The Kier molecular flexibility index (Phi) is 3.94. The van der Waals surface area contributed by atoms with Gasteiger partial charge < -0.3 is 9.88 Å². The molecule has 5 nitrogen and oxygen atoms in total. The van der Waals surface area contributed by atoms with Gasteiger partial charge in [-0.15, -0.1) is 0 Å². The SMILES string of the molecule is Cc1cc(-n2cccn2)ccc1-c1nccn1[C@@H]1CCN[C@H](C)C1. The Labute approximate surface area is 142 Å². The van der Waals surface area contributed by atoms with Crippen LogP contribution in [0.5, 0.6) is 0 Å². The number of rotatable bonds is 3. The lowest BCUT2D eigenvalue weighted by Crippen LogP contribution is -2.36. The van der Waals surface area contributed by atoms with Crippen LogP contribution in [0.4, 0.5) is 0 Å². The van der Waals surface area contributed by atoms with Crippen molar-refractivity contribution in [3.63, 3.8) is 0 Å². The van der Waals surface area contributed by atoms with E-state index in [1.54, 1.807) is 6.20 Å². The average Bonchev–Trinajstić information content (AvgIpc) is 3.26. The largest absolute Gasteiger partial charge is 0.328 e. The van der Waals surface area contributed by atoms with Crippen molar-refractivity contribution in [2.45, 2.75) is 38.8 Å². The number of nitrogens with zero attached hydrogens (tertiary/aromatic N) is 4. The minimum Gasteiger partial charge on any atom is -0.328 e. The second-order valence-electron chi connectivity index (χ2n) is 6.64. The molecule has 3 heterocycles.